The average molecular weight is 311 g/mol. The molecule has 0 spiro atoms. The molecule has 1 aliphatic carbocycles. The summed E-state index contributed by atoms with van der Waals surface area (Å²) >= 11 is 6.04. The van der Waals surface area contributed by atoms with Gasteiger partial charge >= 0.3 is 0 Å². The van der Waals surface area contributed by atoms with Crippen molar-refractivity contribution in [1.82, 2.24) is 4.90 Å². The van der Waals surface area contributed by atoms with Gasteiger partial charge in [0.25, 0.3) is 0 Å². The molecule has 2 unspecified atom stereocenters. The monoisotopic (exact) mass is 310 g/mol. The lowest BCUT2D eigenvalue weighted by Crippen LogP contribution is -2.73. The van der Waals surface area contributed by atoms with Gasteiger partial charge in [-0.2, -0.15) is 0 Å². The third-order valence-electron chi connectivity index (χ3n) is 4.90. The van der Waals surface area contributed by atoms with Crippen LogP contribution >= 0.6 is 11.6 Å². The first kappa shape index (κ1) is 16.8. The smallest absolute Gasteiger partial charge is 0.0662 e. The van der Waals surface area contributed by atoms with E-state index in [2.05, 4.69) is 31.9 Å². The summed E-state index contributed by atoms with van der Waals surface area (Å²) in [6.45, 7) is 8.93. The van der Waals surface area contributed by atoms with E-state index in [4.69, 9.17) is 22.1 Å². The van der Waals surface area contributed by atoms with Gasteiger partial charge in [0.2, 0.25) is 0 Å². The van der Waals surface area contributed by atoms with E-state index in [1.54, 1.807) is 0 Å². The third kappa shape index (κ3) is 3.42. The molecule has 2 atom stereocenters. The second-order valence-corrected chi connectivity index (χ2v) is 7.26. The fourth-order valence-electron chi connectivity index (χ4n) is 3.26. The minimum Gasteiger partial charge on any atom is -0.378 e. The molecule has 0 aromatic heterocycles. The van der Waals surface area contributed by atoms with Crippen LogP contribution in [0.15, 0.2) is 24.3 Å². The highest BCUT2D eigenvalue weighted by Crippen LogP contribution is 2.50. The highest BCUT2D eigenvalue weighted by Gasteiger charge is 2.58. The van der Waals surface area contributed by atoms with Gasteiger partial charge < -0.3 is 15.4 Å². The van der Waals surface area contributed by atoms with Gasteiger partial charge in [0, 0.05) is 35.7 Å². The van der Waals surface area contributed by atoms with Gasteiger partial charge in [-0.15, -0.1) is 0 Å². The molecular weight excluding hydrogens is 284 g/mol. The zero-order valence-corrected chi connectivity index (χ0v) is 14.3. The van der Waals surface area contributed by atoms with Crippen LogP contribution in [0.4, 0.5) is 0 Å². The Balaban J connectivity index is 1.95. The zero-order valence-electron chi connectivity index (χ0n) is 13.5. The van der Waals surface area contributed by atoms with Crippen LogP contribution in [-0.2, 0) is 11.3 Å². The van der Waals surface area contributed by atoms with Crippen molar-refractivity contribution in [3.8, 4) is 0 Å². The van der Waals surface area contributed by atoms with Crippen molar-refractivity contribution in [1.29, 1.82) is 0 Å². The lowest BCUT2D eigenvalue weighted by Gasteiger charge is -2.60. The van der Waals surface area contributed by atoms with Gasteiger partial charge in [-0.25, -0.2) is 0 Å². The first-order valence-corrected chi connectivity index (χ1v) is 8.00. The van der Waals surface area contributed by atoms with Gasteiger partial charge in [0.15, 0.2) is 0 Å². The molecule has 118 valence electrons. The van der Waals surface area contributed by atoms with E-state index >= 15 is 0 Å². The summed E-state index contributed by atoms with van der Waals surface area (Å²) in [4.78, 5) is 2.27. The second-order valence-electron chi connectivity index (χ2n) is 6.83. The summed E-state index contributed by atoms with van der Waals surface area (Å²) in [6, 6.07) is 8.00. The molecule has 0 saturated heterocycles. The van der Waals surface area contributed by atoms with Gasteiger partial charge in [0.05, 0.1) is 6.10 Å². The Labute approximate surface area is 133 Å². The molecule has 0 radical (unpaired) electrons. The first-order valence-electron chi connectivity index (χ1n) is 7.62. The Morgan fingerprint density at radius 2 is 2.14 bits per heavy atom. The number of nitrogens with zero attached hydrogens (tertiary/aromatic N) is 1. The summed E-state index contributed by atoms with van der Waals surface area (Å²) in [7, 11) is 2.11. The molecular formula is C17H27ClN2O. The van der Waals surface area contributed by atoms with Crippen molar-refractivity contribution in [3.63, 3.8) is 0 Å². The molecule has 1 aliphatic rings. The number of rotatable bonds is 6. The molecule has 1 fully saturated rings. The molecule has 3 nitrogen and oxygen atoms in total. The van der Waals surface area contributed by atoms with Crippen LogP contribution in [-0.4, -0.2) is 36.7 Å². The summed E-state index contributed by atoms with van der Waals surface area (Å²) in [5.41, 5.74) is 7.66. The Hall–Kier alpha value is -0.610. The summed E-state index contributed by atoms with van der Waals surface area (Å²) in [5, 5.41) is 0.781. The third-order valence-corrected chi connectivity index (χ3v) is 5.13. The molecule has 1 aromatic carbocycles. The van der Waals surface area contributed by atoms with Crippen LogP contribution in [0.2, 0.25) is 5.02 Å². The number of benzene rings is 1. The van der Waals surface area contributed by atoms with E-state index in [1.807, 2.05) is 25.1 Å². The quantitative estimate of drug-likeness (QED) is 0.876. The van der Waals surface area contributed by atoms with Gasteiger partial charge in [-0.05, 0) is 38.1 Å². The van der Waals surface area contributed by atoms with Crippen LogP contribution < -0.4 is 5.73 Å². The molecule has 4 heteroatoms. The SMILES string of the molecule is CCOC1CC(N)(CN(C)Cc2cccc(Cl)c2)C1(C)C. The van der Waals surface area contributed by atoms with Crippen molar-refractivity contribution >= 4 is 11.6 Å². The average Bonchev–Trinajstić information content (AvgIpc) is 2.38. The Bertz CT molecular complexity index is 491. The molecule has 0 aliphatic heterocycles. The molecule has 21 heavy (non-hydrogen) atoms. The van der Waals surface area contributed by atoms with Crippen LogP contribution in [0.1, 0.15) is 32.8 Å². The summed E-state index contributed by atoms with van der Waals surface area (Å²) < 4.78 is 5.79. The number of likely N-dealkylation sites (N-methyl/N-ethyl adjacent to an activating group) is 1. The van der Waals surface area contributed by atoms with E-state index in [0.29, 0.717) is 0 Å². The topological polar surface area (TPSA) is 38.5 Å². The van der Waals surface area contributed by atoms with Gasteiger partial charge in [0.1, 0.15) is 0 Å². The van der Waals surface area contributed by atoms with E-state index in [-0.39, 0.29) is 17.1 Å². The minimum atomic E-state index is -0.194. The molecule has 2 N–H and O–H groups in total. The van der Waals surface area contributed by atoms with Crippen LogP contribution in [0, 0.1) is 5.41 Å². The largest absolute Gasteiger partial charge is 0.378 e. The lowest BCUT2D eigenvalue weighted by atomic mass is 9.54. The first-order chi connectivity index (χ1) is 9.78. The number of ether oxygens (including phenoxy) is 1. The Kier molecular flexibility index (Phi) is 4.99. The van der Waals surface area contributed by atoms with Crippen LogP contribution in [0.25, 0.3) is 0 Å². The van der Waals surface area contributed by atoms with Crippen molar-refractivity contribution < 1.29 is 4.74 Å². The standard InChI is InChI=1S/C17H27ClN2O/c1-5-21-15-10-17(19,16(15,2)3)12-20(4)11-13-7-6-8-14(18)9-13/h6-9,15H,5,10-12,19H2,1-4H3. The highest BCUT2D eigenvalue weighted by atomic mass is 35.5. The zero-order chi connectivity index (χ0) is 15.7. The summed E-state index contributed by atoms with van der Waals surface area (Å²) in [5.74, 6) is 0. The maximum Gasteiger partial charge on any atom is 0.0662 e. The van der Waals surface area contributed by atoms with Crippen molar-refractivity contribution in [3.05, 3.63) is 34.9 Å². The lowest BCUT2D eigenvalue weighted by molar-refractivity contribution is -0.155. The molecule has 0 heterocycles. The maximum atomic E-state index is 6.64. The molecule has 1 saturated carbocycles. The van der Waals surface area contributed by atoms with E-state index in [0.717, 1.165) is 31.1 Å². The van der Waals surface area contributed by atoms with E-state index in [9.17, 15) is 0 Å². The fourth-order valence-corrected chi connectivity index (χ4v) is 3.47. The Morgan fingerprint density at radius 1 is 1.43 bits per heavy atom. The van der Waals surface area contributed by atoms with E-state index < -0.39 is 0 Å². The maximum absolute atomic E-state index is 6.64. The highest BCUT2D eigenvalue weighted by molar-refractivity contribution is 6.30. The fraction of sp³-hybridized carbons (Fsp3) is 0.647. The van der Waals surface area contributed by atoms with Gasteiger partial charge in [-0.1, -0.05) is 37.6 Å². The number of halogens is 1. The minimum absolute atomic E-state index is 0.00556. The predicted molar refractivity (Wildman–Crippen MR) is 88.5 cm³/mol. The van der Waals surface area contributed by atoms with Crippen molar-refractivity contribution in [2.45, 2.75) is 45.4 Å². The number of hydrogen-bond donors (Lipinski definition) is 1. The van der Waals surface area contributed by atoms with Gasteiger partial charge in [-0.3, -0.25) is 0 Å². The van der Waals surface area contributed by atoms with E-state index in [1.165, 1.54) is 5.56 Å². The molecule has 2 rings (SSSR count). The van der Waals surface area contributed by atoms with Crippen molar-refractivity contribution in [2.24, 2.45) is 11.1 Å². The van der Waals surface area contributed by atoms with Crippen LogP contribution in [0.3, 0.4) is 0 Å². The Morgan fingerprint density at radius 3 is 2.71 bits per heavy atom. The molecule has 1 aromatic rings. The molecule has 0 amide bonds. The second kappa shape index (κ2) is 6.25. The van der Waals surface area contributed by atoms with Crippen molar-refractivity contribution in [2.75, 3.05) is 20.2 Å². The summed E-state index contributed by atoms with van der Waals surface area (Å²) in [6.07, 6.45) is 1.19. The number of nitrogens with two attached hydrogens (primary N) is 1. The van der Waals surface area contributed by atoms with Crippen LogP contribution in [0.5, 0.6) is 0 Å². The predicted octanol–water partition coefficient (Wildman–Crippen LogP) is 3.30. The molecule has 0 bridgehead atoms. The normalized spacial score (nSPS) is 27.7. The number of hydrogen-bond acceptors (Lipinski definition) is 3.